The van der Waals surface area contributed by atoms with Gasteiger partial charge in [0, 0.05) is 30.7 Å². The molecule has 0 radical (unpaired) electrons. The quantitative estimate of drug-likeness (QED) is 0.788. The van der Waals surface area contributed by atoms with Gasteiger partial charge in [0.2, 0.25) is 0 Å². The van der Waals surface area contributed by atoms with Crippen molar-refractivity contribution >= 4 is 0 Å². The van der Waals surface area contributed by atoms with Gasteiger partial charge in [0.15, 0.2) is 0 Å². The Morgan fingerprint density at radius 2 is 1.81 bits per heavy atom. The van der Waals surface area contributed by atoms with Crippen molar-refractivity contribution in [1.29, 1.82) is 0 Å². The third-order valence-electron chi connectivity index (χ3n) is 3.61. The molecule has 1 unspecified atom stereocenters. The molecule has 1 rings (SSSR count). The Kier molecular flexibility index (Phi) is 7.20. The van der Waals surface area contributed by atoms with Crippen LogP contribution in [0.25, 0.3) is 0 Å². The van der Waals surface area contributed by atoms with Gasteiger partial charge < -0.3 is 10.5 Å². The molecule has 3 nitrogen and oxygen atoms in total. The highest BCUT2D eigenvalue weighted by atomic mass is 16.5. The predicted molar refractivity (Wildman–Crippen MR) is 90.6 cm³/mol. The second-order valence-corrected chi connectivity index (χ2v) is 6.51. The first-order valence-corrected chi connectivity index (χ1v) is 8.10. The summed E-state index contributed by atoms with van der Waals surface area (Å²) in [5.74, 6) is 1.64. The van der Waals surface area contributed by atoms with E-state index in [-0.39, 0.29) is 6.04 Å². The van der Waals surface area contributed by atoms with Crippen molar-refractivity contribution in [2.45, 2.75) is 60.2 Å². The first kappa shape index (κ1) is 18.0. The summed E-state index contributed by atoms with van der Waals surface area (Å²) in [4.78, 5) is 2.49. The van der Waals surface area contributed by atoms with E-state index in [0.717, 1.165) is 18.8 Å². The van der Waals surface area contributed by atoms with Crippen molar-refractivity contribution in [1.82, 2.24) is 4.90 Å². The monoisotopic (exact) mass is 292 g/mol. The summed E-state index contributed by atoms with van der Waals surface area (Å²) >= 11 is 0. The first-order chi connectivity index (χ1) is 9.85. The zero-order valence-electron chi connectivity index (χ0n) is 14.5. The lowest BCUT2D eigenvalue weighted by molar-refractivity contribution is 0.186. The second-order valence-electron chi connectivity index (χ2n) is 6.51. The molecule has 0 aliphatic heterocycles. The molecule has 0 spiro atoms. The van der Waals surface area contributed by atoms with Crippen molar-refractivity contribution in [3.63, 3.8) is 0 Å². The average molecular weight is 292 g/mol. The lowest BCUT2D eigenvalue weighted by Gasteiger charge is -2.29. The maximum Gasteiger partial charge on any atom is 0.123 e. The summed E-state index contributed by atoms with van der Waals surface area (Å²) in [7, 11) is 0. The van der Waals surface area contributed by atoms with E-state index in [9.17, 15) is 0 Å². The number of rotatable bonds is 8. The maximum absolute atomic E-state index is 6.02. The molecule has 0 aliphatic carbocycles. The molecule has 0 saturated carbocycles. The molecule has 21 heavy (non-hydrogen) atoms. The Bertz CT molecular complexity index is 427. The largest absolute Gasteiger partial charge is 0.494 e. The van der Waals surface area contributed by atoms with E-state index >= 15 is 0 Å². The fraction of sp³-hybridized carbons (Fsp3) is 0.667. The van der Waals surface area contributed by atoms with Crippen molar-refractivity contribution in [3.8, 4) is 5.75 Å². The van der Waals surface area contributed by atoms with Crippen molar-refractivity contribution < 1.29 is 4.74 Å². The molecule has 1 atom stereocenters. The van der Waals surface area contributed by atoms with Crippen LogP contribution in [-0.2, 0) is 6.54 Å². The van der Waals surface area contributed by atoms with Crippen molar-refractivity contribution in [3.05, 3.63) is 29.3 Å². The highest BCUT2D eigenvalue weighted by Gasteiger charge is 2.15. The zero-order valence-corrected chi connectivity index (χ0v) is 14.5. The van der Waals surface area contributed by atoms with E-state index in [1.807, 2.05) is 13.8 Å². The van der Waals surface area contributed by atoms with Gasteiger partial charge in [-0.25, -0.2) is 0 Å². The van der Waals surface area contributed by atoms with Crippen LogP contribution in [0.4, 0.5) is 0 Å². The van der Waals surface area contributed by atoms with Crippen LogP contribution in [-0.4, -0.2) is 24.1 Å². The third-order valence-corrected chi connectivity index (χ3v) is 3.61. The molecule has 1 aromatic carbocycles. The first-order valence-electron chi connectivity index (χ1n) is 8.10. The van der Waals surface area contributed by atoms with Crippen LogP contribution >= 0.6 is 0 Å². The number of hydrogen-bond donors (Lipinski definition) is 1. The predicted octanol–water partition coefficient (Wildman–Crippen LogP) is 3.97. The Hall–Kier alpha value is -1.06. The molecule has 120 valence electrons. The van der Waals surface area contributed by atoms with Crippen LogP contribution in [0.1, 0.15) is 58.7 Å². The lowest BCUT2D eigenvalue weighted by Crippen LogP contribution is -2.33. The molecular formula is C18H32N2O. The van der Waals surface area contributed by atoms with Crippen LogP contribution in [0.15, 0.2) is 18.2 Å². The van der Waals surface area contributed by atoms with E-state index in [1.165, 1.54) is 11.1 Å². The molecule has 2 N–H and O–H groups in total. The topological polar surface area (TPSA) is 38.5 Å². The van der Waals surface area contributed by atoms with Gasteiger partial charge in [0.1, 0.15) is 5.75 Å². The van der Waals surface area contributed by atoms with Gasteiger partial charge >= 0.3 is 0 Å². The molecular weight excluding hydrogens is 260 g/mol. The van der Waals surface area contributed by atoms with Crippen LogP contribution in [0.2, 0.25) is 0 Å². The Morgan fingerprint density at radius 1 is 1.14 bits per heavy atom. The van der Waals surface area contributed by atoms with Crippen molar-refractivity contribution in [2.75, 3.05) is 13.2 Å². The number of nitrogens with two attached hydrogens (primary N) is 1. The van der Waals surface area contributed by atoms with Gasteiger partial charge in [-0.3, -0.25) is 4.90 Å². The zero-order chi connectivity index (χ0) is 16.0. The Labute approximate surface area is 130 Å². The van der Waals surface area contributed by atoms with Crippen LogP contribution in [0.3, 0.4) is 0 Å². The molecule has 3 heteroatoms. The minimum absolute atomic E-state index is 0.0528. The lowest BCUT2D eigenvalue weighted by atomic mass is 10.0. The SMILES string of the molecule is CCOc1ccc(C(C)N)cc1CN(CC(C)C)C(C)C. The number of benzene rings is 1. The molecule has 0 aliphatic rings. The molecule has 0 bridgehead atoms. The van der Waals surface area contributed by atoms with Crippen molar-refractivity contribution in [2.24, 2.45) is 11.7 Å². The fourth-order valence-corrected chi connectivity index (χ4v) is 2.45. The highest BCUT2D eigenvalue weighted by molar-refractivity contribution is 5.38. The summed E-state index contributed by atoms with van der Waals surface area (Å²) in [5, 5.41) is 0. The fourth-order valence-electron chi connectivity index (χ4n) is 2.45. The van der Waals surface area contributed by atoms with E-state index in [2.05, 4.69) is 50.8 Å². The van der Waals surface area contributed by atoms with Gasteiger partial charge in [-0.15, -0.1) is 0 Å². The van der Waals surface area contributed by atoms with Gasteiger partial charge in [-0.1, -0.05) is 19.9 Å². The minimum atomic E-state index is 0.0528. The second kappa shape index (κ2) is 8.40. The minimum Gasteiger partial charge on any atom is -0.494 e. The van der Waals surface area contributed by atoms with E-state index in [0.29, 0.717) is 18.6 Å². The van der Waals surface area contributed by atoms with Gasteiger partial charge in [0.05, 0.1) is 6.61 Å². The van der Waals surface area contributed by atoms with E-state index in [1.54, 1.807) is 0 Å². The molecule has 1 aromatic rings. The normalized spacial score (nSPS) is 13.2. The van der Waals surface area contributed by atoms with Crippen LogP contribution < -0.4 is 10.5 Å². The summed E-state index contributed by atoms with van der Waals surface area (Å²) in [5.41, 5.74) is 8.43. The van der Waals surface area contributed by atoms with Gasteiger partial charge in [-0.05, 0) is 51.3 Å². The maximum atomic E-state index is 6.02. The summed E-state index contributed by atoms with van der Waals surface area (Å²) < 4.78 is 5.79. The Morgan fingerprint density at radius 3 is 2.29 bits per heavy atom. The molecule has 0 saturated heterocycles. The Balaban J connectivity index is 3.03. The molecule has 0 fully saturated rings. The van der Waals surface area contributed by atoms with Crippen LogP contribution in [0, 0.1) is 5.92 Å². The van der Waals surface area contributed by atoms with Gasteiger partial charge in [-0.2, -0.15) is 0 Å². The highest BCUT2D eigenvalue weighted by Crippen LogP contribution is 2.25. The summed E-state index contributed by atoms with van der Waals surface area (Å²) in [6.07, 6.45) is 0. The van der Waals surface area contributed by atoms with Gasteiger partial charge in [0.25, 0.3) is 0 Å². The van der Waals surface area contributed by atoms with Crippen LogP contribution in [0.5, 0.6) is 5.75 Å². The smallest absolute Gasteiger partial charge is 0.123 e. The number of nitrogens with zero attached hydrogens (tertiary/aromatic N) is 1. The average Bonchev–Trinajstić information content (AvgIpc) is 2.39. The molecule has 0 amide bonds. The number of hydrogen-bond acceptors (Lipinski definition) is 3. The third kappa shape index (κ3) is 5.68. The summed E-state index contributed by atoms with van der Waals surface area (Å²) in [6, 6.07) is 6.90. The standard InChI is InChI=1S/C18H32N2O/c1-7-21-18-9-8-16(15(6)19)10-17(18)12-20(14(4)5)11-13(2)3/h8-10,13-15H,7,11-12,19H2,1-6H3. The molecule has 0 aromatic heterocycles. The summed E-state index contributed by atoms with van der Waals surface area (Å²) in [6.45, 7) is 15.8. The van der Waals surface area contributed by atoms with E-state index < -0.39 is 0 Å². The number of ether oxygens (including phenoxy) is 1. The molecule has 0 heterocycles. The van der Waals surface area contributed by atoms with E-state index in [4.69, 9.17) is 10.5 Å².